The van der Waals surface area contributed by atoms with Gasteiger partial charge in [0.2, 0.25) is 0 Å². The standard InChI is InChI=1S/C61H46N12/c1-7-51(72-52-24-16-14-22-45(52)48-32-42(27-30-54(48)72)59-65-36(2)63-37(3)66-59)50(35-62-6)47-29-26-44(61-70-57(40-18-10-8-11-19-40)69-58(71-61)41-20-12-9-13-21-41)34-56(47)73-53-25-17-15-23-46(53)49-33-43(28-31-55(49)73)60-67-38(4)64-39(5)68-60/h7-35H,6H2,1-5H3/b50-35-,51-7+. The van der Waals surface area contributed by atoms with Gasteiger partial charge in [0.1, 0.15) is 23.3 Å². The Balaban J connectivity index is 1.12. The third-order valence-electron chi connectivity index (χ3n) is 13.1. The fourth-order valence-corrected chi connectivity index (χ4v) is 10.0. The van der Waals surface area contributed by atoms with Crippen molar-refractivity contribution in [3.05, 3.63) is 205 Å². The Hall–Kier alpha value is -9.68. The van der Waals surface area contributed by atoms with E-state index >= 15 is 0 Å². The molecule has 0 fully saturated rings. The van der Waals surface area contributed by atoms with E-state index in [0.29, 0.717) is 52.4 Å². The SMILES string of the molecule is C=N/C=C(\C(=C/C)n1c2ccccc2c2cc(-c3nc(C)nc(C)n3)ccc21)c1ccc(-c2nc(-c3ccccc3)nc(-c3ccccc3)n2)cc1-n1c2ccccc2c2cc(-c3nc(C)nc(C)n3)ccc21. The molecule has 0 saturated heterocycles. The summed E-state index contributed by atoms with van der Waals surface area (Å²) in [5.41, 5.74) is 11.9. The van der Waals surface area contributed by atoms with Crippen LogP contribution in [0.15, 0.2) is 181 Å². The summed E-state index contributed by atoms with van der Waals surface area (Å²) in [5, 5.41) is 4.25. The van der Waals surface area contributed by atoms with Crippen LogP contribution < -0.4 is 0 Å². The van der Waals surface area contributed by atoms with Crippen LogP contribution in [0.2, 0.25) is 0 Å². The molecule has 12 heteroatoms. The van der Waals surface area contributed by atoms with Crippen LogP contribution in [0.5, 0.6) is 0 Å². The van der Waals surface area contributed by atoms with Crippen LogP contribution in [0, 0.1) is 27.7 Å². The van der Waals surface area contributed by atoms with Gasteiger partial charge in [-0.05, 0) is 95.9 Å². The van der Waals surface area contributed by atoms with Gasteiger partial charge in [-0.1, -0.05) is 115 Å². The van der Waals surface area contributed by atoms with E-state index in [4.69, 9.17) is 34.9 Å². The van der Waals surface area contributed by atoms with Gasteiger partial charge in [-0.15, -0.1) is 0 Å². The van der Waals surface area contributed by atoms with E-state index < -0.39 is 0 Å². The van der Waals surface area contributed by atoms with Crippen LogP contribution in [0.4, 0.5) is 0 Å². The molecule has 0 aliphatic carbocycles. The van der Waals surface area contributed by atoms with Gasteiger partial charge in [0.15, 0.2) is 29.1 Å². The first-order chi connectivity index (χ1) is 35.7. The van der Waals surface area contributed by atoms with Gasteiger partial charge < -0.3 is 9.13 Å². The molecule has 0 aliphatic heterocycles. The molecule has 0 radical (unpaired) electrons. The highest BCUT2D eigenvalue weighted by atomic mass is 15.1. The number of para-hydroxylation sites is 2. The average molecular weight is 947 g/mol. The molecule has 7 aromatic carbocycles. The number of rotatable bonds is 10. The van der Waals surface area contributed by atoms with E-state index in [2.05, 4.69) is 147 Å². The Morgan fingerprint density at radius 1 is 0.411 bits per heavy atom. The minimum Gasteiger partial charge on any atom is -0.309 e. The molecule has 73 heavy (non-hydrogen) atoms. The lowest BCUT2D eigenvalue weighted by Crippen LogP contribution is -2.06. The number of aromatic nitrogens is 11. The van der Waals surface area contributed by atoms with Gasteiger partial charge in [0.05, 0.1) is 33.5 Å². The number of nitrogens with zero attached hydrogens (tertiary/aromatic N) is 12. The molecule has 350 valence electrons. The Bertz CT molecular complexity index is 4130. The van der Waals surface area contributed by atoms with E-state index in [0.717, 1.165) is 93.9 Å². The number of benzene rings is 7. The third kappa shape index (κ3) is 8.00. The lowest BCUT2D eigenvalue weighted by atomic mass is 9.97. The first kappa shape index (κ1) is 44.5. The quantitative estimate of drug-likeness (QED) is 0.0968. The van der Waals surface area contributed by atoms with E-state index in [9.17, 15) is 0 Å². The summed E-state index contributed by atoms with van der Waals surface area (Å²) in [5.74, 6) is 5.64. The zero-order valence-electron chi connectivity index (χ0n) is 40.8. The van der Waals surface area contributed by atoms with Crippen molar-refractivity contribution < 1.29 is 0 Å². The van der Waals surface area contributed by atoms with E-state index in [1.807, 2.05) is 94.6 Å². The smallest absolute Gasteiger partial charge is 0.164 e. The van der Waals surface area contributed by atoms with Gasteiger partial charge in [0, 0.05) is 66.7 Å². The number of hydrogen-bond donors (Lipinski definition) is 0. The number of allylic oxidation sites excluding steroid dienone is 3. The highest BCUT2D eigenvalue weighted by Crippen LogP contribution is 2.43. The highest BCUT2D eigenvalue weighted by molar-refractivity contribution is 6.16. The molecule has 0 unspecified atom stereocenters. The summed E-state index contributed by atoms with van der Waals surface area (Å²) in [7, 11) is 0. The van der Waals surface area contributed by atoms with Crippen molar-refractivity contribution in [1.29, 1.82) is 0 Å². The highest BCUT2D eigenvalue weighted by Gasteiger charge is 2.25. The maximum Gasteiger partial charge on any atom is 0.164 e. The summed E-state index contributed by atoms with van der Waals surface area (Å²) in [4.78, 5) is 47.8. The zero-order valence-corrected chi connectivity index (χ0v) is 40.8. The second kappa shape index (κ2) is 18.2. The van der Waals surface area contributed by atoms with Crippen molar-refractivity contribution in [3.8, 4) is 62.6 Å². The third-order valence-corrected chi connectivity index (χ3v) is 13.1. The predicted molar refractivity (Wildman–Crippen MR) is 294 cm³/mol. The molecule has 0 aliphatic rings. The Morgan fingerprint density at radius 3 is 1.37 bits per heavy atom. The molecule has 12 rings (SSSR count). The molecule has 5 aromatic heterocycles. The molecular formula is C61H46N12. The molecular weight excluding hydrogens is 901 g/mol. The Kier molecular flexibility index (Phi) is 11.1. The van der Waals surface area contributed by atoms with Crippen LogP contribution in [-0.4, -0.2) is 60.7 Å². The van der Waals surface area contributed by atoms with Crippen molar-refractivity contribution in [2.24, 2.45) is 4.99 Å². The fraction of sp³-hybridized carbons (Fsp3) is 0.0820. The van der Waals surface area contributed by atoms with Crippen LogP contribution >= 0.6 is 0 Å². The van der Waals surface area contributed by atoms with Crippen molar-refractivity contribution in [3.63, 3.8) is 0 Å². The van der Waals surface area contributed by atoms with E-state index in [-0.39, 0.29) is 0 Å². The van der Waals surface area contributed by atoms with Crippen LogP contribution in [0.25, 0.3) is 118 Å². The lowest BCUT2D eigenvalue weighted by molar-refractivity contribution is 0.928. The Labute approximate surface area is 421 Å². The molecule has 0 spiro atoms. The maximum absolute atomic E-state index is 5.19. The number of fused-ring (bicyclic) bond motifs is 6. The van der Waals surface area contributed by atoms with Crippen LogP contribution in [0.3, 0.4) is 0 Å². The minimum absolute atomic E-state index is 0.532. The van der Waals surface area contributed by atoms with Crippen LogP contribution in [-0.2, 0) is 0 Å². The molecule has 0 atom stereocenters. The summed E-state index contributed by atoms with van der Waals surface area (Å²) in [6.45, 7) is 13.7. The topological polar surface area (TPSA) is 138 Å². The maximum atomic E-state index is 5.19. The minimum atomic E-state index is 0.532. The zero-order chi connectivity index (χ0) is 49.7. The van der Waals surface area contributed by atoms with Crippen molar-refractivity contribution in [2.45, 2.75) is 34.6 Å². The van der Waals surface area contributed by atoms with Crippen molar-refractivity contribution in [2.75, 3.05) is 0 Å². The summed E-state index contributed by atoms with van der Waals surface area (Å²) in [6, 6.07) is 56.3. The largest absolute Gasteiger partial charge is 0.309 e. The van der Waals surface area contributed by atoms with Crippen molar-refractivity contribution in [1.82, 2.24) is 54.0 Å². The number of hydrogen-bond acceptors (Lipinski definition) is 10. The van der Waals surface area contributed by atoms with Crippen LogP contribution in [0.1, 0.15) is 35.8 Å². The average Bonchev–Trinajstić information content (AvgIpc) is 3.93. The van der Waals surface area contributed by atoms with Gasteiger partial charge in [-0.3, -0.25) is 4.99 Å². The van der Waals surface area contributed by atoms with Crippen molar-refractivity contribution >= 4 is 61.6 Å². The molecule has 5 heterocycles. The number of aliphatic imine (C=N–C) groups is 1. The summed E-state index contributed by atoms with van der Waals surface area (Å²) < 4.78 is 4.64. The fourth-order valence-electron chi connectivity index (χ4n) is 10.0. The monoisotopic (exact) mass is 946 g/mol. The van der Waals surface area contributed by atoms with Gasteiger partial charge in [0.25, 0.3) is 0 Å². The summed E-state index contributed by atoms with van der Waals surface area (Å²) >= 11 is 0. The predicted octanol–water partition coefficient (Wildman–Crippen LogP) is 13.6. The molecule has 0 bridgehead atoms. The van der Waals surface area contributed by atoms with Gasteiger partial charge in [-0.2, -0.15) is 0 Å². The normalized spacial score (nSPS) is 12.1. The number of aryl methyl sites for hydroxylation is 4. The molecule has 12 aromatic rings. The lowest BCUT2D eigenvalue weighted by Gasteiger charge is -2.21. The second-order valence-electron chi connectivity index (χ2n) is 17.8. The first-order valence-electron chi connectivity index (χ1n) is 24.0. The molecule has 0 N–H and O–H groups in total. The molecule has 12 nitrogen and oxygen atoms in total. The van der Waals surface area contributed by atoms with E-state index in [1.165, 1.54) is 0 Å². The second-order valence-corrected chi connectivity index (χ2v) is 17.8. The molecule has 0 saturated carbocycles. The molecule has 0 amide bonds. The summed E-state index contributed by atoms with van der Waals surface area (Å²) in [6.07, 6.45) is 4.01. The first-order valence-corrected chi connectivity index (χ1v) is 24.0. The Morgan fingerprint density at radius 2 is 0.822 bits per heavy atom. The van der Waals surface area contributed by atoms with E-state index in [1.54, 1.807) is 0 Å². The van der Waals surface area contributed by atoms with Gasteiger partial charge >= 0.3 is 0 Å². The van der Waals surface area contributed by atoms with Gasteiger partial charge in [-0.25, -0.2) is 44.9 Å².